The van der Waals surface area contributed by atoms with E-state index in [1.165, 1.54) is 39.9 Å². The fourth-order valence-corrected chi connectivity index (χ4v) is 6.30. The Bertz CT molecular complexity index is 1320. The van der Waals surface area contributed by atoms with Crippen molar-refractivity contribution in [1.82, 2.24) is 8.87 Å². The summed E-state index contributed by atoms with van der Waals surface area (Å²) in [4.78, 5) is 19.1. The highest BCUT2D eigenvalue weighted by molar-refractivity contribution is 7.98. The molecular weight excluding hydrogens is 450 g/mol. The third-order valence-electron chi connectivity index (χ3n) is 5.24. The first-order valence-corrected chi connectivity index (χ1v) is 13.3. The Morgan fingerprint density at radius 1 is 1.29 bits per heavy atom. The summed E-state index contributed by atoms with van der Waals surface area (Å²) in [6.07, 6.45) is 5.58. The molecule has 0 atom stereocenters. The minimum absolute atomic E-state index is 0.0844. The van der Waals surface area contributed by atoms with Crippen molar-refractivity contribution < 1.29 is 13.2 Å². The van der Waals surface area contributed by atoms with Crippen LogP contribution < -0.4 is 4.80 Å². The predicted molar refractivity (Wildman–Crippen MR) is 126 cm³/mol. The Morgan fingerprint density at radius 2 is 2.00 bits per heavy atom. The highest BCUT2D eigenvalue weighted by atomic mass is 32.2. The van der Waals surface area contributed by atoms with E-state index in [-0.39, 0.29) is 10.9 Å². The molecule has 1 aliphatic rings. The lowest BCUT2D eigenvalue weighted by Crippen LogP contribution is -2.28. The molecule has 2 aromatic carbocycles. The molecule has 1 heterocycles. The number of allylic oxidation sites excluding steroid dienone is 1. The fourth-order valence-electron chi connectivity index (χ4n) is 3.29. The molecule has 162 valence electrons. The number of fused-ring (bicyclic) bond motifs is 1. The van der Waals surface area contributed by atoms with Gasteiger partial charge >= 0.3 is 0 Å². The van der Waals surface area contributed by atoms with Crippen LogP contribution in [0, 0.1) is 0 Å². The Kier molecular flexibility index (Phi) is 6.20. The third kappa shape index (κ3) is 4.41. The summed E-state index contributed by atoms with van der Waals surface area (Å²) < 4.78 is 29.7. The number of amides is 1. The molecule has 31 heavy (non-hydrogen) atoms. The van der Waals surface area contributed by atoms with Crippen LogP contribution in [0.15, 0.2) is 69.9 Å². The maximum atomic E-state index is 12.8. The Hall–Kier alpha value is -2.20. The molecule has 1 aromatic heterocycles. The van der Waals surface area contributed by atoms with Crippen molar-refractivity contribution in [2.45, 2.75) is 35.2 Å². The molecular formula is C22H23N3O3S3. The van der Waals surface area contributed by atoms with Gasteiger partial charge in [0.2, 0.25) is 10.0 Å². The smallest absolute Gasteiger partial charge is 0.279 e. The van der Waals surface area contributed by atoms with Gasteiger partial charge in [-0.1, -0.05) is 17.4 Å². The van der Waals surface area contributed by atoms with Gasteiger partial charge in [-0.2, -0.15) is 9.30 Å². The van der Waals surface area contributed by atoms with Crippen LogP contribution in [0.4, 0.5) is 0 Å². The standard InChI is InChI=1S/C22H23N3O3S3/c1-4-13-25-19-12-9-17(29-3)14-20(19)30-22(25)23-21(26)15-5-10-18(11-6-15)31(27,28)24(2)16-7-8-16/h4-6,9-12,14,16H,1,7-8,13H2,2-3H3. The van der Waals surface area contributed by atoms with Crippen molar-refractivity contribution in [1.29, 1.82) is 0 Å². The largest absolute Gasteiger partial charge is 0.312 e. The van der Waals surface area contributed by atoms with Gasteiger partial charge in [-0.05, 0) is 61.6 Å². The fraction of sp³-hybridized carbons (Fsp3) is 0.273. The predicted octanol–water partition coefficient (Wildman–Crippen LogP) is 4.13. The van der Waals surface area contributed by atoms with Crippen LogP contribution in [0.1, 0.15) is 23.2 Å². The molecule has 1 aliphatic carbocycles. The number of thiazole rings is 1. The number of carbonyl (C=O) groups is 1. The molecule has 0 unspecified atom stereocenters. The molecule has 1 amide bonds. The van der Waals surface area contributed by atoms with E-state index in [1.54, 1.807) is 24.9 Å². The number of benzene rings is 2. The lowest BCUT2D eigenvalue weighted by Gasteiger charge is -2.16. The van der Waals surface area contributed by atoms with Crippen molar-refractivity contribution in [3.63, 3.8) is 0 Å². The van der Waals surface area contributed by atoms with E-state index in [9.17, 15) is 13.2 Å². The molecule has 1 fully saturated rings. The number of thioether (sulfide) groups is 1. The van der Waals surface area contributed by atoms with Gasteiger partial charge in [-0.25, -0.2) is 8.42 Å². The Labute approximate surface area is 190 Å². The first-order chi connectivity index (χ1) is 14.8. The van der Waals surface area contributed by atoms with Gasteiger partial charge in [0.05, 0.1) is 15.1 Å². The van der Waals surface area contributed by atoms with Crippen LogP contribution in [-0.4, -0.2) is 42.5 Å². The van der Waals surface area contributed by atoms with Crippen LogP contribution in [0.5, 0.6) is 0 Å². The lowest BCUT2D eigenvalue weighted by atomic mass is 10.2. The van der Waals surface area contributed by atoms with Gasteiger partial charge < -0.3 is 4.57 Å². The zero-order valence-electron chi connectivity index (χ0n) is 17.3. The molecule has 0 radical (unpaired) electrons. The maximum Gasteiger partial charge on any atom is 0.279 e. The van der Waals surface area contributed by atoms with Crippen LogP contribution in [-0.2, 0) is 16.6 Å². The average molecular weight is 474 g/mol. The van der Waals surface area contributed by atoms with E-state index in [1.807, 2.05) is 23.0 Å². The summed E-state index contributed by atoms with van der Waals surface area (Å²) in [7, 11) is -1.94. The van der Waals surface area contributed by atoms with E-state index in [0.717, 1.165) is 28.0 Å². The van der Waals surface area contributed by atoms with Gasteiger partial charge in [0.25, 0.3) is 5.91 Å². The third-order valence-corrected chi connectivity index (χ3v) is 8.93. The monoisotopic (exact) mass is 473 g/mol. The van der Waals surface area contributed by atoms with Gasteiger partial charge in [0.15, 0.2) is 4.80 Å². The number of sulfonamides is 1. The molecule has 1 saturated carbocycles. The summed E-state index contributed by atoms with van der Waals surface area (Å²) in [5.74, 6) is -0.408. The van der Waals surface area contributed by atoms with Crippen LogP contribution in [0.3, 0.4) is 0 Å². The second kappa shape index (κ2) is 8.74. The first-order valence-electron chi connectivity index (χ1n) is 9.80. The zero-order chi connectivity index (χ0) is 22.2. The van der Waals surface area contributed by atoms with Crippen molar-refractivity contribution >= 4 is 49.2 Å². The molecule has 0 saturated heterocycles. The molecule has 0 bridgehead atoms. The summed E-state index contributed by atoms with van der Waals surface area (Å²) in [6, 6.07) is 12.2. The van der Waals surface area contributed by atoms with Gasteiger partial charge in [0.1, 0.15) is 0 Å². The topological polar surface area (TPSA) is 71.7 Å². The molecule has 0 spiro atoms. The van der Waals surface area contributed by atoms with Crippen LogP contribution in [0.25, 0.3) is 10.2 Å². The van der Waals surface area contributed by atoms with Crippen molar-refractivity contribution in [3.05, 3.63) is 65.5 Å². The second-order valence-electron chi connectivity index (χ2n) is 7.31. The molecule has 3 aromatic rings. The highest BCUT2D eigenvalue weighted by Gasteiger charge is 2.35. The van der Waals surface area contributed by atoms with E-state index < -0.39 is 15.9 Å². The number of hydrogen-bond donors (Lipinski definition) is 0. The number of nitrogens with zero attached hydrogens (tertiary/aromatic N) is 3. The Morgan fingerprint density at radius 3 is 2.61 bits per heavy atom. The number of hydrogen-bond acceptors (Lipinski definition) is 5. The van der Waals surface area contributed by atoms with E-state index in [2.05, 4.69) is 17.6 Å². The molecule has 0 N–H and O–H groups in total. The van der Waals surface area contributed by atoms with E-state index >= 15 is 0 Å². The number of aromatic nitrogens is 1. The summed E-state index contributed by atoms with van der Waals surface area (Å²) in [5.41, 5.74) is 1.35. The van der Waals surface area contributed by atoms with Crippen LogP contribution >= 0.6 is 23.1 Å². The van der Waals surface area contributed by atoms with Gasteiger partial charge in [-0.15, -0.1) is 18.3 Å². The summed E-state index contributed by atoms with van der Waals surface area (Å²) in [6.45, 7) is 4.35. The van der Waals surface area contributed by atoms with E-state index in [4.69, 9.17) is 0 Å². The van der Waals surface area contributed by atoms with Crippen molar-refractivity contribution in [3.8, 4) is 0 Å². The minimum Gasteiger partial charge on any atom is -0.312 e. The summed E-state index contributed by atoms with van der Waals surface area (Å²) in [5, 5.41) is 0. The zero-order valence-corrected chi connectivity index (χ0v) is 19.8. The molecule has 0 aliphatic heterocycles. The van der Waals surface area contributed by atoms with E-state index in [0.29, 0.717) is 16.9 Å². The van der Waals surface area contributed by atoms with Crippen molar-refractivity contribution in [2.75, 3.05) is 13.3 Å². The average Bonchev–Trinajstić information content (AvgIpc) is 3.57. The lowest BCUT2D eigenvalue weighted by molar-refractivity contribution is 0.0998. The Balaban J connectivity index is 1.67. The quantitative estimate of drug-likeness (QED) is 0.382. The molecule has 4 rings (SSSR count). The number of rotatable bonds is 7. The first kappa shape index (κ1) is 22.0. The normalized spacial score (nSPS) is 15.0. The molecule has 9 heteroatoms. The van der Waals surface area contributed by atoms with Gasteiger partial charge in [-0.3, -0.25) is 4.79 Å². The molecule has 6 nitrogen and oxygen atoms in total. The second-order valence-corrected chi connectivity index (χ2v) is 11.2. The van der Waals surface area contributed by atoms with Crippen molar-refractivity contribution in [2.24, 2.45) is 4.99 Å². The van der Waals surface area contributed by atoms with Gasteiger partial charge in [0, 0.05) is 30.1 Å². The van der Waals surface area contributed by atoms with Crippen LogP contribution in [0.2, 0.25) is 0 Å². The summed E-state index contributed by atoms with van der Waals surface area (Å²) >= 11 is 3.11. The SMILES string of the molecule is C=CCn1c(=NC(=O)c2ccc(S(=O)(=O)N(C)C3CC3)cc2)sc2cc(SC)ccc21. The minimum atomic E-state index is -3.54. The highest BCUT2D eigenvalue weighted by Crippen LogP contribution is 2.30. The number of carbonyl (C=O) groups excluding carboxylic acids is 1. The maximum absolute atomic E-state index is 12.8.